The average Bonchev–Trinajstić information content (AvgIpc) is 2.78. The van der Waals surface area contributed by atoms with Crippen LogP contribution in [0.2, 0.25) is 0 Å². The molecule has 0 amide bonds. The van der Waals surface area contributed by atoms with Gasteiger partial charge in [-0.1, -0.05) is 31.6 Å². The normalized spacial score (nSPS) is 27.5. The molecule has 1 aliphatic carbocycles. The molecule has 0 spiro atoms. The largest absolute Gasteiger partial charge is 0.490 e. The number of benzene rings is 1. The standard InChI is InChI=1S/C26H38F2O2/c1-3-5-7-8-19-9-15-23(30-18-19)21-12-10-20(11-13-21)22-14-16-24(26(28)25(22)27)29-17-6-4-2/h3,5,14,16,19-21,23H,4,6-13,15,17-18H2,1-2H3/b5-3+. The fourth-order valence-electron chi connectivity index (χ4n) is 5.03. The average molecular weight is 421 g/mol. The summed E-state index contributed by atoms with van der Waals surface area (Å²) < 4.78 is 40.8. The molecule has 2 aliphatic rings. The first-order valence-electron chi connectivity index (χ1n) is 12.0. The van der Waals surface area contributed by atoms with Gasteiger partial charge in [-0.05, 0) is 94.1 Å². The summed E-state index contributed by atoms with van der Waals surface area (Å²) in [6, 6.07) is 3.34. The second kappa shape index (κ2) is 11.8. The van der Waals surface area contributed by atoms with Gasteiger partial charge in [-0.15, -0.1) is 0 Å². The van der Waals surface area contributed by atoms with Crippen LogP contribution in [0.15, 0.2) is 24.3 Å². The molecule has 168 valence electrons. The number of hydrogen-bond donors (Lipinski definition) is 0. The van der Waals surface area contributed by atoms with Gasteiger partial charge in [-0.3, -0.25) is 0 Å². The summed E-state index contributed by atoms with van der Waals surface area (Å²) in [4.78, 5) is 0. The van der Waals surface area contributed by atoms with E-state index in [0.717, 1.165) is 58.0 Å². The summed E-state index contributed by atoms with van der Waals surface area (Å²) in [6.07, 6.45) is 15.1. The lowest BCUT2D eigenvalue weighted by molar-refractivity contribution is -0.0573. The van der Waals surface area contributed by atoms with Crippen molar-refractivity contribution in [1.82, 2.24) is 0 Å². The van der Waals surface area contributed by atoms with Crippen molar-refractivity contribution in [2.24, 2.45) is 11.8 Å². The highest BCUT2D eigenvalue weighted by Gasteiger charge is 2.33. The highest BCUT2D eigenvalue weighted by atomic mass is 19.2. The Balaban J connectivity index is 1.48. The van der Waals surface area contributed by atoms with E-state index in [1.807, 2.05) is 6.92 Å². The Morgan fingerprint density at radius 3 is 2.53 bits per heavy atom. The molecule has 2 atom stereocenters. The zero-order valence-corrected chi connectivity index (χ0v) is 18.7. The maximum absolute atomic E-state index is 14.7. The second-order valence-corrected chi connectivity index (χ2v) is 9.06. The molecule has 0 aromatic heterocycles. The van der Waals surface area contributed by atoms with Crippen molar-refractivity contribution in [1.29, 1.82) is 0 Å². The van der Waals surface area contributed by atoms with Gasteiger partial charge in [0.15, 0.2) is 11.6 Å². The van der Waals surface area contributed by atoms with Gasteiger partial charge in [-0.25, -0.2) is 4.39 Å². The molecule has 1 heterocycles. The van der Waals surface area contributed by atoms with Crippen LogP contribution in [0.3, 0.4) is 0 Å². The third kappa shape index (κ3) is 6.06. The molecule has 30 heavy (non-hydrogen) atoms. The minimum absolute atomic E-state index is 0.0398. The quantitative estimate of drug-likeness (QED) is 0.303. The van der Waals surface area contributed by atoms with Crippen molar-refractivity contribution in [2.45, 2.75) is 90.1 Å². The Labute approximate surface area is 181 Å². The van der Waals surface area contributed by atoms with E-state index in [-0.39, 0.29) is 11.7 Å². The number of unbranched alkanes of at least 4 members (excludes halogenated alkanes) is 1. The van der Waals surface area contributed by atoms with Crippen molar-refractivity contribution >= 4 is 0 Å². The molecule has 1 saturated carbocycles. The van der Waals surface area contributed by atoms with E-state index in [2.05, 4.69) is 19.1 Å². The summed E-state index contributed by atoms with van der Waals surface area (Å²) in [6.45, 7) is 5.41. The molecule has 0 radical (unpaired) electrons. The predicted molar refractivity (Wildman–Crippen MR) is 118 cm³/mol. The zero-order valence-electron chi connectivity index (χ0n) is 18.7. The smallest absolute Gasteiger partial charge is 0.200 e. The van der Waals surface area contributed by atoms with Gasteiger partial charge in [0.05, 0.1) is 12.7 Å². The molecular weight excluding hydrogens is 382 g/mol. The van der Waals surface area contributed by atoms with Crippen LogP contribution in [0.4, 0.5) is 8.78 Å². The van der Waals surface area contributed by atoms with Gasteiger partial charge < -0.3 is 9.47 Å². The van der Waals surface area contributed by atoms with Crippen molar-refractivity contribution in [3.63, 3.8) is 0 Å². The minimum Gasteiger partial charge on any atom is -0.490 e. The van der Waals surface area contributed by atoms with Gasteiger partial charge in [0.2, 0.25) is 5.82 Å². The maximum atomic E-state index is 14.7. The number of allylic oxidation sites excluding steroid dienone is 2. The topological polar surface area (TPSA) is 18.5 Å². The molecule has 4 heteroatoms. The lowest BCUT2D eigenvalue weighted by Crippen LogP contribution is -2.34. The molecule has 1 saturated heterocycles. The van der Waals surface area contributed by atoms with E-state index in [9.17, 15) is 8.78 Å². The lowest BCUT2D eigenvalue weighted by Gasteiger charge is -2.38. The van der Waals surface area contributed by atoms with Gasteiger partial charge in [0.1, 0.15) is 0 Å². The Kier molecular flexibility index (Phi) is 9.17. The summed E-state index contributed by atoms with van der Waals surface area (Å²) in [5.74, 6) is -0.169. The SMILES string of the molecule is C/C=C/CCC1CCC(C2CCC(c3ccc(OCCCC)c(F)c3F)CC2)OC1. The van der Waals surface area contributed by atoms with Crippen LogP contribution in [0.25, 0.3) is 0 Å². The van der Waals surface area contributed by atoms with Crippen LogP contribution in [-0.2, 0) is 4.74 Å². The van der Waals surface area contributed by atoms with Gasteiger partial charge in [-0.2, -0.15) is 4.39 Å². The molecule has 1 aromatic carbocycles. The van der Waals surface area contributed by atoms with E-state index in [4.69, 9.17) is 9.47 Å². The fourth-order valence-corrected chi connectivity index (χ4v) is 5.03. The maximum Gasteiger partial charge on any atom is 0.200 e. The third-order valence-electron chi connectivity index (χ3n) is 6.95. The number of halogens is 2. The molecule has 2 fully saturated rings. The number of rotatable bonds is 9. The van der Waals surface area contributed by atoms with Crippen LogP contribution in [0.1, 0.15) is 89.5 Å². The van der Waals surface area contributed by atoms with Crippen LogP contribution >= 0.6 is 0 Å². The summed E-state index contributed by atoms with van der Waals surface area (Å²) in [5.41, 5.74) is 0.516. The van der Waals surface area contributed by atoms with Crippen molar-refractivity contribution in [3.05, 3.63) is 41.5 Å². The minimum atomic E-state index is -0.828. The van der Waals surface area contributed by atoms with Crippen LogP contribution < -0.4 is 4.74 Å². The van der Waals surface area contributed by atoms with Crippen molar-refractivity contribution in [3.8, 4) is 5.75 Å². The lowest BCUT2D eigenvalue weighted by atomic mass is 9.75. The van der Waals surface area contributed by atoms with Crippen molar-refractivity contribution in [2.75, 3.05) is 13.2 Å². The molecular formula is C26H38F2O2. The zero-order chi connectivity index (χ0) is 21.3. The monoisotopic (exact) mass is 420 g/mol. The molecule has 2 unspecified atom stereocenters. The Morgan fingerprint density at radius 2 is 1.87 bits per heavy atom. The summed E-state index contributed by atoms with van der Waals surface area (Å²) in [7, 11) is 0. The van der Waals surface area contributed by atoms with E-state index < -0.39 is 11.6 Å². The first-order valence-corrected chi connectivity index (χ1v) is 12.0. The first kappa shape index (κ1) is 23.2. The van der Waals surface area contributed by atoms with E-state index in [1.54, 1.807) is 12.1 Å². The van der Waals surface area contributed by atoms with Gasteiger partial charge in [0.25, 0.3) is 0 Å². The van der Waals surface area contributed by atoms with Crippen LogP contribution in [0.5, 0.6) is 5.75 Å². The molecule has 1 aliphatic heterocycles. The van der Waals surface area contributed by atoms with E-state index in [0.29, 0.717) is 30.1 Å². The fraction of sp³-hybridized carbons (Fsp3) is 0.692. The van der Waals surface area contributed by atoms with Gasteiger partial charge >= 0.3 is 0 Å². The predicted octanol–water partition coefficient (Wildman–Crippen LogP) is 7.57. The second-order valence-electron chi connectivity index (χ2n) is 9.06. The Bertz CT molecular complexity index is 672. The Hall–Kier alpha value is -1.42. The third-order valence-corrected chi connectivity index (χ3v) is 6.95. The molecule has 3 rings (SSSR count). The van der Waals surface area contributed by atoms with Crippen LogP contribution in [0, 0.1) is 23.5 Å². The molecule has 1 aromatic rings. The molecule has 0 bridgehead atoms. The summed E-state index contributed by atoms with van der Waals surface area (Å²) in [5, 5.41) is 0. The van der Waals surface area contributed by atoms with Crippen LogP contribution in [-0.4, -0.2) is 19.3 Å². The molecule has 0 N–H and O–H groups in total. The first-order chi connectivity index (χ1) is 14.6. The van der Waals surface area contributed by atoms with E-state index >= 15 is 0 Å². The highest BCUT2D eigenvalue weighted by Crippen LogP contribution is 2.42. The Morgan fingerprint density at radius 1 is 1.07 bits per heavy atom. The van der Waals surface area contributed by atoms with Crippen molar-refractivity contribution < 1.29 is 18.3 Å². The summed E-state index contributed by atoms with van der Waals surface area (Å²) >= 11 is 0. The number of ether oxygens (including phenoxy) is 2. The molecule has 2 nitrogen and oxygen atoms in total. The number of hydrogen-bond acceptors (Lipinski definition) is 2. The van der Waals surface area contributed by atoms with E-state index in [1.165, 1.54) is 12.8 Å². The highest BCUT2D eigenvalue weighted by molar-refractivity contribution is 5.33. The van der Waals surface area contributed by atoms with Gasteiger partial charge in [0, 0.05) is 6.61 Å².